The van der Waals surface area contributed by atoms with Gasteiger partial charge in [0.2, 0.25) is 5.95 Å². The van der Waals surface area contributed by atoms with Gasteiger partial charge in [0.05, 0.1) is 11.5 Å². The van der Waals surface area contributed by atoms with Crippen LogP contribution < -0.4 is 10.2 Å². The van der Waals surface area contributed by atoms with Crippen molar-refractivity contribution in [3.8, 4) is 0 Å². The lowest BCUT2D eigenvalue weighted by Gasteiger charge is -2.31. The number of aliphatic hydroxyl groups excluding tert-OH is 1. The largest absolute Gasteiger partial charge is 0.391 e. The van der Waals surface area contributed by atoms with Crippen molar-refractivity contribution in [3.63, 3.8) is 0 Å². The Bertz CT molecular complexity index is 571. The lowest BCUT2D eigenvalue weighted by Crippen LogP contribution is -2.38. The fourth-order valence-corrected chi connectivity index (χ4v) is 3.22. The molecule has 3 rings (SSSR count). The van der Waals surface area contributed by atoms with E-state index in [2.05, 4.69) is 26.3 Å². The topological polar surface area (TPSA) is 61.3 Å². The van der Waals surface area contributed by atoms with Crippen molar-refractivity contribution in [1.82, 2.24) is 9.97 Å². The van der Waals surface area contributed by atoms with Crippen LogP contribution in [0.25, 0.3) is 10.2 Å². The molecule has 2 aromatic rings. The van der Waals surface area contributed by atoms with Crippen LogP contribution in [0.4, 0.5) is 11.8 Å². The molecule has 0 amide bonds. The zero-order chi connectivity index (χ0) is 13.2. The summed E-state index contributed by atoms with van der Waals surface area (Å²) < 4.78 is 0. The summed E-state index contributed by atoms with van der Waals surface area (Å²) in [5.74, 6) is 1.62. The highest BCUT2D eigenvalue weighted by Crippen LogP contribution is 2.30. The molecule has 1 fully saturated rings. The highest BCUT2D eigenvalue weighted by Gasteiger charge is 2.21. The van der Waals surface area contributed by atoms with Gasteiger partial charge in [0.25, 0.3) is 0 Å². The van der Waals surface area contributed by atoms with Crippen molar-refractivity contribution >= 4 is 33.3 Å². The molecule has 1 saturated heterocycles. The third-order valence-electron chi connectivity index (χ3n) is 3.34. The van der Waals surface area contributed by atoms with E-state index in [1.54, 1.807) is 11.3 Å². The summed E-state index contributed by atoms with van der Waals surface area (Å²) in [6, 6.07) is 2.06. The number of anilines is 2. The van der Waals surface area contributed by atoms with Crippen LogP contribution in [0.15, 0.2) is 11.4 Å². The van der Waals surface area contributed by atoms with Crippen LogP contribution in [-0.4, -0.2) is 40.8 Å². The van der Waals surface area contributed by atoms with Crippen molar-refractivity contribution in [3.05, 3.63) is 11.4 Å². The molecule has 0 spiro atoms. The maximum Gasteiger partial charge on any atom is 0.226 e. The summed E-state index contributed by atoms with van der Waals surface area (Å²) in [5.41, 5.74) is 0. The van der Waals surface area contributed by atoms with Gasteiger partial charge < -0.3 is 15.3 Å². The second-order valence-electron chi connectivity index (χ2n) is 4.78. The molecule has 1 aliphatic heterocycles. The van der Waals surface area contributed by atoms with E-state index in [4.69, 9.17) is 0 Å². The lowest BCUT2D eigenvalue weighted by molar-refractivity contribution is 0.154. The van der Waals surface area contributed by atoms with Crippen LogP contribution in [0.1, 0.15) is 19.8 Å². The lowest BCUT2D eigenvalue weighted by atomic mass is 10.1. The molecule has 0 bridgehead atoms. The Hall–Kier alpha value is -1.40. The molecule has 3 heterocycles. The molecule has 1 atom stereocenters. The Balaban J connectivity index is 2.02. The van der Waals surface area contributed by atoms with Crippen LogP contribution in [0.2, 0.25) is 0 Å². The molecule has 1 unspecified atom stereocenters. The van der Waals surface area contributed by atoms with Gasteiger partial charge >= 0.3 is 0 Å². The molecule has 2 N–H and O–H groups in total. The Morgan fingerprint density at radius 1 is 1.53 bits per heavy atom. The molecule has 0 aliphatic carbocycles. The number of thiophene rings is 1. The summed E-state index contributed by atoms with van der Waals surface area (Å²) in [7, 11) is 0. The van der Waals surface area contributed by atoms with Crippen LogP contribution in [-0.2, 0) is 0 Å². The third-order valence-corrected chi connectivity index (χ3v) is 4.14. The molecule has 0 radical (unpaired) electrons. The monoisotopic (exact) mass is 278 g/mol. The van der Waals surface area contributed by atoms with E-state index in [0.29, 0.717) is 12.5 Å². The summed E-state index contributed by atoms with van der Waals surface area (Å²) in [6.45, 7) is 4.45. The fraction of sp³-hybridized carbons (Fsp3) is 0.538. The van der Waals surface area contributed by atoms with Gasteiger partial charge in [0.15, 0.2) is 0 Å². The Labute approximate surface area is 116 Å². The molecule has 1 aliphatic rings. The van der Waals surface area contributed by atoms with Crippen molar-refractivity contribution in [2.45, 2.75) is 25.9 Å². The Kier molecular flexibility index (Phi) is 3.52. The number of aromatic nitrogens is 2. The van der Waals surface area contributed by atoms with Gasteiger partial charge in [-0.1, -0.05) is 0 Å². The predicted octanol–water partition coefficient (Wildman–Crippen LogP) is 2.08. The minimum absolute atomic E-state index is 0.250. The first kappa shape index (κ1) is 12.6. The molecule has 0 aromatic carbocycles. The molecule has 5 nitrogen and oxygen atoms in total. The van der Waals surface area contributed by atoms with Gasteiger partial charge in [-0.05, 0) is 31.2 Å². The zero-order valence-electron chi connectivity index (χ0n) is 11.0. The van der Waals surface area contributed by atoms with E-state index in [-0.39, 0.29) is 6.10 Å². The van der Waals surface area contributed by atoms with Crippen molar-refractivity contribution < 1.29 is 5.11 Å². The van der Waals surface area contributed by atoms with E-state index in [1.165, 1.54) is 0 Å². The predicted molar refractivity (Wildman–Crippen MR) is 79.0 cm³/mol. The van der Waals surface area contributed by atoms with Crippen LogP contribution in [0, 0.1) is 0 Å². The van der Waals surface area contributed by atoms with Crippen molar-refractivity contribution in [1.29, 1.82) is 0 Å². The molecule has 0 saturated carbocycles. The van der Waals surface area contributed by atoms with Gasteiger partial charge in [-0.3, -0.25) is 0 Å². The van der Waals surface area contributed by atoms with Crippen LogP contribution >= 0.6 is 11.3 Å². The molecule has 6 heteroatoms. The number of nitrogens with one attached hydrogen (secondary N) is 1. The van der Waals surface area contributed by atoms with Crippen molar-refractivity contribution in [2.75, 3.05) is 29.9 Å². The van der Waals surface area contributed by atoms with Gasteiger partial charge in [0.1, 0.15) is 10.6 Å². The summed E-state index contributed by atoms with van der Waals surface area (Å²) in [5, 5.41) is 16.1. The number of β-amino-alcohol motifs (C(OH)–C–C–N with tert-alkyl or cyclic N) is 1. The number of piperidine rings is 1. The molecule has 102 valence electrons. The third kappa shape index (κ3) is 2.50. The molecular formula is C13H18N4OS. The number of aliphatic hydroxyl groups is 1. The van der Waals surface area contributed by atoms with Crippen LogP contribution in [0.5, 0.6) is 0 Å². The van der Waals surface area contributed by atoms with Crippen LogP contribution in [0.3, 0.4) is 0 Å². The number of hydrogen-bond acceptors (Lipinski definition) is 6. The first-order valence-electron chi connectivity index (χ1n) is 6.70. The van der Waals surface area contributed by atoms with E-state index in [9.17, 15) is 5.11 Å². The zero-order valence-corrected chi connectivity index (χ0v) is 11.8. The molecular weight excluding hydrogens is 260 g/mol. The second-order valence-corrected chi connectivity index (χ2v) is 5.68. The minimum atomic E-state index is -0.250. The Morgan fingerprint density at radius 2 is 2.42 bits per heavy atom. The second kappa shape index (κ2) is 5.30. The summed E-state index contributed by atoms with van der Waals surface area (Å²) in [6.07, 6.45) is 1.64. The standard InChI is InChI=1S/C13H18N4OS/c1-2-14-13-15-11(10-5-7-19-12(10)16-13)17-6-3-4-9(18)8-17/h5,7,9,18H,2-4,6,8H2,1H3,(H,14,15,16). The van der Waals surface area contributed by atoms with Crippen molar-refractivity contribution in [2.24, 2.45) is 0 Å². The van der Waals surface area contributed by atoms with Gasteiger partial charge in [-0.15, -0.1) is 11.3 Å². The number of hydrogen-bond donors (Lipinski definition) is 2. The maximum atomic E-state index is 9.84. The number of nitrogens with zero attached hydrogens (tertiary/aromatic N) is 3. The number of rotatable bonds is 3. The van der Waals surface area contributed by atoms with E-state index in [0.717, 1.165) is 42.0 Å². The highest BCUT2D eigenvalue weighted by atomic mass is 32.1. The fourth-order valence-electron chi connectivity index (χ4n) is 2.47. The highest BCUT2D eigenvalue weighted by molar-refractivity contribution is 7.16. The van der Waals surface area contributed by atoms with Gasteiger partial charge in [-0.2, -0.15) is 4.98 Å². The minimum Gasteiger partial charge on any atom is -0.391 e. The molecule has 19 heavy (non-hydrogen) atoms. The number of fused-ring (bicyclic) bond motifs is 1. The maximum absolute atomic E-state index is 9.84. The van der Waals surface area contributed by atoms with E-state index >= 15 is 0 Å². The average molecular weight is 278 g/mol. The average Bonchev–Trinajstić information content (AvgIpc) is 2.86. The van der Waals surface area contributed by atoms with E-state index < -0.39 is 0 Å². The van der Waals surface area contributed by atoms with Gasteiger partial charge in [-0.25, -0.2) is 4.98 Å². The summed E-state index contributed by atoms with van der Waals surface area (Å²) in [4.78, 5) is 12.3. The summed E-state index contributed by atoms with van der Waals surface area (Å²) >= 11 is 1.63. The normalized spacial score (nSPS) is 19.9. The molecule has 2 aromatic heterocycles. The first-order chi connectivity index (χ1) is 9.28. The van der Waals surface area contributed by atoms with Gasteiger partial charge in [0, 0.05) is 19.6 Å². The smallest absolute Gasteiger partial charge is 0.226 e. The Morgan fingerprint density at radius 3 is 3.21 bits per heavy atom. The van der Waals surface area contributed by atoms with E-state index in [1.807, 2.05) is 12.3 Å². The SMILES string of the molecule is CCNc1nc(N2CCCC(O)C2)c2ccsc2n1. The quantitative estimate of drug-likeness (QED) is 0.900. The first-order valence-corrected chi connectivity index (χ1v) is 7.58.